The predicted octanol–water partition coefficient (Wildman–Crippen LogP) is 1.82. The molecule has 0 amide bonds. The van der Waals surface area contributed by atoms with Crippen LogP contribution >= 0.6 is 0 Å². The highest BCUT2D eigenvalue weighted by Gasteiger charge is 2.23. The largest absolute Gasteiger partial charge is 0.396 e. The third-order valence-corrected chi connectivity index (χ3v) is 5.29. The minimum atomic E-state index is -3.27. The Morgan fingerprint density at radius 2 is 1.89 bits per heavy atom. The van der Waals surface area contributed by atoms with Crippen molar-refractivity contribution in [3.63, 3.8) is 0 Å². The van der Waals surface area contributed by atoms with Gasteiger partial charge in [0.25, 0.3) is 0 Å². The van der Waals surface area contributed by atoms with E-state index >= 15 is 0 Å². The monoisotopic (exact) mass is 285 g/mol. The van der Waals surface area contributed by atoms with E-state index in [1.165, 1.54) is 4.31 Å². The Kier molecular flexibility index (Phi) is 6.48. The minimum absolute atomic E-state index is 0.0141. The quantitative estimate of drug-likeness (QED) is 0.792. The summed E-state index contributed by atoms with van der Waals surface area (Å²) in [5.74, 6) is 0.0744. The molecule has 108 valence electrons. The van der Waals surface area contributed by atoms with Crippen molar-refractivity contribution < 1.29 is 13.5 Å². The van der Waals surface area contributed by atoms with Crippen molar-refractivity contribution in [3.8, 4) is 0 Å². The number of hydrogen-bond donors (Lipinski definition) is 1. The standard InChI is InChI=1S/C14H23NO3S/c1-3-15(10-7-11-16)19(17,18)12-13(2)14-8-5-4-6-9-14/h4-6,8-9,13,16H,3,7,10-12H2,1-2H3. The fourth-order valence-electron chi connectivity index (χ4n) is 2.04. The summed E-state index contributed by atoms with van der Waals surface area (Å²) in [5, 5.41) is 8.81. The molecule has 0 radical (unpaired) electrons. The van der Waals surface area contributed by atoms with E-state index in [0.717, 1.165) is 5.56 Å². The van der Waals surface area contributed by atoms with Crippen molar-refractivity contribution in [1.29, 1.82) is 0 Å². The smallest absolute Gasteiger partial charge is 0.214 e. The van der Waals surface area contributed by atoms with Crippen molar-refractivity contribution in [3.05, 3.63) is 35.9 Å². The molecule has 5 heteroatoms. The van der Waals surface area contributed by atoms with E-state index in [1.54, 1.807) is 0 Å². The molecule has 1 unspecified atom stereocenters. The Labute approximate surface area is 116 Å². The average molecular weight is 285 g/mol. The Hall–Kier alpha value is -0.910. The van der Waals surface area contributed by atoms with Crippen LogP contribution in [0, 0.1) is 0 Å². The molecule has 1 aromatic rings. The molecule has 0 aliphatic heterocycles. The van der Waals surface area contributed by atoms with E-state index in [9.17, 15) is 8.42 Å². The zero-order valence-corrected chi connectivity index (χ0v) is 12.4. The second-order valence-electron chi connectivity index (χ2n) is 4.66. The molecule has 1 rings (SSSR count). The molecular formula is C14H23NO3S. The Morgan fingerprint density at radius 3 is 2.42 bits per heavy atom. The maximum atomic E-state index is 12.3. The molecule has 0 aliphatic rings. The summed E-state index contributed by atoms with van der Waals surface area (Å²) < 4.78 is 26.0. The molecule has 19 heavy (non-hydrogen) atoms. The lowest BCUT2D eigenvalue weighted by Crippen LogP contribution is -2.35. The summed E-state index contributed by atoms with van der Waals surface area (Å²) in [5.41, 5.74) is 1.03. The van der Waals surface area contributed by atoms with Crippen LogP contribution in [0.3, 0.4) is 0 Å². The molecule has 0 fully saturated rings. The van der Waals surface area contributed by atoms with Gasteiger partial charge in [-0.25, -0.2) is 12.7 Å². The van der Waals surface area contributed by atoms with Crippen LogP contribution < -0.4 is 0 Å². The van der Waals surface area contributed by atoms with E-state index in [-0.39, 0.29) is 18.3 Å². The van der Waals surface area contributed by atoms with Gasteiger partial charge in [0.15, 0.2) is 0 Å². The number of aliphatic hydroxyl groups is 1. The van der Waals surface area contributed by atoms with Crippen LogP contribution in [0.1, 0.15) is 31.7 Å². The predicted molar refractivity (Wildman–Crippen MR) is 77.6 cm³/mol. The Morgan fingerprint density at radius 1 is 1.26 bits per heavy atom. The first-order valence-corrected chi connectivity index (χ1v) is 8.25. The zero-order valence-electron chi connectivity index (χ0n) is 11.6. The first-order chi connectivity index (χ1) is 9.01. The van der Waals surface area contributed by atoms with Gasteiger partial charge in [0.1, 0.15) is 0 Å². The topological polar surface area (TPSA) is 57.6 Å². The summed E-state index contributed by atoms with van der Waals surface area (Å²) >= 11 is 0. The van der Waals surface area contributed by atoms with Crippen LogP contribution in [0.2, 0.25) is 0 Å². The number of nitrogens with zero attached hydrogens (tertiary/aromatic N) is 1. The van der Waals surface area contributed by atoms with Crippen LogP contribution in [0.4, 0.5) is 0 Å². The van der Waals surface area contributed by atoms with E-state index in [2.05, 4.69) is 0 Å². The molecule has 0 heterocycles. The fourth-order valence-corrected chi connectivity index (χ4v) is 3.88. The molecule has 0 saturated carbocycles. The van der Waals surface area contributed by atoms with Gasteiger partial charge < -0.3 is 5.11 Å². The summed E-state index contributed by atoms with van der Waals surface area (Å²) in [7, 11) is -3.27. The van der Waals surface area contributed by atoms with Crippen LogP contribution in [0.25, 0.3) is 0 Å². The van der Waals surface area contributed by atoms with Crippen molar-refractivity contribution in [2.45, 2.75) is 26.2 Å². The van der Waals surface area contributed by atoms with Gasteiger partial charge in [0.2, 0.25) is 10.0 Å². The summed E-state index contributed by atoms with van der Waals surface area (Å²) in [6.45, 7) is 4.59. The van der Waals surface area contributed by atoms with Crippen molar-refractivity contribution in [1.82, 2.24) is 4.31 Å². The van der Waals surface area contributed by atoms with Crippen molar-refractivity contribution in [2.75, 3.05) is 25.4 Å². The first-order valence-electron chi connectivity index (χ1n) is 6.65. The van der Waals surface area contributed by atoms with E-state index in [4.69, 9.17) is 5.11 Å². The van der Waals surface area contributed by atoms with Gasteiger partial charge in [-0.3, -0.25) is 0 Å². The van der Waals surface area contributed by atoms with Gasteiger partial charge in [0, 0.05) is 19.7 Å². The van der Waals surface area contributed by atoms with Gasteiger partial charge in [-0.15, -0.1) is 0 Å². The lowest BCUT2D eigenvalue weighted by atomic mass is 10.0. The number of sulfonamides is 1. The molecule has 0 aliphatic carbocycles. The van der Waals surface area contributed by atoms with Crippen LogP contribution in [-0.4, -0.2) is 43.3 Å². The number of rotatable bonds is 8. The van der Waals surface area contributed by atoms with Crippen molar-refractivity contribution >= 4 is 10.0 Å². The number of hydrogen-bond acceptors (Lipinski definition) is 3. The Bertz CT molecular complexity index is 459. The second kappa shape index (κ2) is 7.62. The molecule has 1 N–H and O–H groups in total. The van der Waals surface area contributed by atoms with Crippen LogP contribution in [0.15, 0.2) is 30.3 Å². The maximum absolute atomic E-state index is 12.3. The molecule has 0 bridgehead atoms. The number of benzene rings is 1. The van der Waals surface area contributed by atoms with Gasteiger partial charge in [-0.05, 0) is 17.9 Å². The normalized spacial score (nSPS) is 13.7. The first kappa shape index (κ1) is 16.1. The molecule has 0 aromatic heterocycles. The van der Waals surface area contributed by atoms with E-state index in [1.807, 2.05) is 44.2 Å². The molecule has 1 atom stereocenters. The molecule has 1 aromatic carbocycles. The summed E-state index contributed by atoms with van der Waals surface area (Å²) in [6.07, 6.45) is 0.479. The zero-order chi connectivity index (χ0) is 14.3. The maximum Gasteiger partial charge on any atom is 0.214 e. The van der Waals surface area contributed by atoms with Crippen LogP contribution in [-0.2, 0) is 10.0 Å². The highest BCUT2D eigenvalue weighted by molar-refractivity contribution is 7.89. The second-order valence-corrected chi connectivity index (χ2v) is 6.67. The van der Waals surface area contributed by atoms with Gasteiger partial charge >= 0.3 is 0 Å². The van der Waals surface area contributed by atoms with Crippen LogP contribution in [0.5, 0.6) is 0 Å². The Balaban J connectivity index is 2.72. The third kappa shape index (κ3) is 4.93. The lowest BCUT2D eigenvalue weighted by molar-refractivity contribution is 0.271. The van der Waals surface area contributed by atoms with Gasteiger partial charge in [-0.2, -0.15) is 0 Å². The molecular weight excluding hydrogens is 262 g/mol. The summed E-state index contributed by atoms with van der Waals surface area (Å²) in [4.78, 5) is 0. The van der Waals surface area contributed by atoms with E-state index in [0.29, 0.717) is 19.5 Å². The van der Waals surface area contributed by atoms with E-state index < -0.39 is 10.0 Å². The fraction of sp³-hybridized carbons (Fsp3) is 0.571. The average Bonchev–Trinajstić information content (AvgIpc) is 2.39. The summed E-state index contributed by atoms with van der Waals surface area (Å²) in [6, 6.07) is 9.66. The number of aliphatic hydroxyl groups excluding tert-OH is 1. The third-order valence-electron chi connectivity index (χ3n) is 3.14. The minimum Gasteiger partial charge on any atom is -0.396 e. The SMILES string of the molecule is CCN(CCCO)S(=O)(=O)CC(C)c1ccccc1. The molecule has 4 nitrogen and oxygen atoms in total. The van der Waals surface area contributed by atoms with Gasteiger partial charge in [0.05, 0.1) is 5.75 Å². The highest BCUT2D eigenvalue weighted by Crippen LogP contribution is 2.18. The lowest BCUT2D eigenvalue weighted by Gasteiger charge is -2.22. The highest BCUT2D eigenvalue weighted by atomic mass is 32.2. The van der Waals surface area contributed by atoms with Gasteiger partial charge in [-0.1, -0.05) is 44.2 Å². The molecule has 0 spiro atoms. The molecule has 0 saturated heterocycles. The van der Waals surface area contributed by atoms with Crippen molar-refractivity contribution in [2.24, 2.45) is 0 Å².